The van der Waals surface area contributed by atoms with Crippen molar-refractivity contribution in [2.75, 3.05) is 6.54 Å². The number of oxazole rings is 1. The second-order valence-electron chi connectivity index (χ2n) is 5.56. The highest BCUT2D eigenvalue weighted by Crippen LogP contribution is 2.19. The first-order valence-electron chi connectivity index (χ1n) is 7.92. The summed E-state index contributed by atoms with van der Waals surface area (Å²) >= 11 is 6.10. The van der Waals surface area contributed by atoms with Gasteiger partial charge in [0.25, 0.3) is 5.91 Å². The van der Waals surface area contributed by atoms with Gasteiger partial charge in [-0.25, -0.2) is 4.98 Å². The minimum atomic E-state index is -0.508. The van der Waals surface area contributed by atoms with E-state index in [2.05, 4.69) is 10.3 Å². The molecule has 1 unspecified atom stereocenters. The predicted molar refractivity (Wildman–Crippen MR) is 96.5 cm³/mol. The Morgan fingerprint density at radius 2 is 1.88 bits per heavy atom. The van der Waals surface area contributed by atoms with Crippen LogP contribution in [0, 0.1) is 0 Å². The van der Waals surface area contributed by atoms with Gasteiger partial charge < -0.3 is 15.5 Å². The van der Waals surface area contributed by atoms with E-state index in [-0.39, 0.29) is 11.6 Å². The number of rotatable bonds is 6. The Morgan fingerprint density at radius 1 is 1.16 bits per heavy atom. The molecule has 1 atom stereocenters. The Morgan fingerprint density at radius 3 is 2.64 bits per heavy atom. The Labute approximate surface area is 150 Å². The van der Waals surface area contributed by atoms with Crippen molar-refractivity contribution in [1.29, 1.82) is 0 Å². The second kappa shape index (κ2) is 7.96. The van der Waals surface area contributed by atoms with E-state index in [0.717, 1.165) is 11.1 Å². The summed E-state index contributed by atoms with van der Waals surface area (Å²) in [4.78, 5) is 16.4. The van der Waals surface area contributed by atoms with E-state index in [4.69, 9.17) is 21.8 Å². The van der Waals surface area contributed by atoms with Crippen LogP contribution in [-0.2, 0) is 6.42 Å². The standard InChI is InChI=1S/C19H18ClN3O2/c20-15-9-5-4-6-13(15)10-11-22-18(24)16-12-25-19(23-16)17(21)14-7-2-1-3-8-14/h1-9,12,17H,10-11,21H2,(H,22,24). The smallest absolute Gasteiger partial charge is 0.273 e. The number of benzene rings is 2. The minimum Gasteiger partial charge on any atom is -0.446 e. The van der Waals surface area contributed by atoms with Gasteiger partial charge in [0.1, 0.15) is 12.3 Å². The lowest BCUT2D eigenvalue weighted by Gasteiger charge is -2.07. The van der Waals surface area contributed by atoms with Gasteiger partial charge in [-0.2, -0.15) is 0 Å². The highest BCUT2D eigenvalue weighted by atomic mass is 35.5. The summed E-state index contributed by atoms with van der Waals surface area (Å²) in [5.74, 6) is 0.00442. The number of hydrogen-bond acceptors (Lipinski definition) is 4. The largest absolute Gasteiger partial charge is 0.446 e. The molecule has 0 saturated heterocycles. The monoisotopic (exact) mass is 355 g/mol. The maximum atomic E-state index is 12.2. The van der Waals surface area contributed by atoms with Gasteiger partial charge >= 0.3 is 0 Å². The van der Waals surface area contributed by atoms with Crippen molar-refractivity contribution in [3.05, 3.63) is 88.6 Å². The molecule has 0 spiro atoms. The van der Waals surface area contributed by atoms with Crippen molar-refractivity contribution in [3.8, 4) is 0 Å². The zero-order valence-electron chi connectivity index (χ0n) is 13.5. The van der Waals surface area contributed by atoms with Crippen molar-refractivity contribution < 1.29 is 9.21 Å². The van der Waals surface area contributed by atoms with Crippen molar-refractivity contribution >= 4 is 17.5 Å². The molecule has 3 N–H and O–H groups in total. The average molecular weight is 356 g/mol. The molecule has 3 aromatic rings. The lowest BCUT2D eigenvalue weighted by atomic mass is 10.1. The number of amides is 1. The molecule has 0 aliphatic rings. The summed E-state index contributed by atoms with van der Waals surface area (Å²) in [6.45, 7) is 0.454. The van der Waals surface area contributed by atoms with Gasteiger partial charge in [0.05, 0.1) is 0 Å². The van der Waals surface area contributed by atoms with E-state index in [1.54, 1.807) is 0 Å². The molecule has 2 aromatic carbocycles. The van der Waals surface area contributed by atoms with Gasteiger partial charge in [-0.3, -0.25) is 4.79 Å². The predicted octanol–water partition coefficient (Wildman–Crippen LogP) is 3.35. The van der Waals surface area contributed by atoms with Crippen LogP contribution < -0.4 is 11.1 Å². The Balaban J connectivity index is 1.58. The number of carbonyl (C=O) groups is 1. The summed E-state index contributed by atoms with van der Waals surface area (Å²) in [7, 11) is 0. The normalized spacial score (nSPS) is 11.9. The van der Waals surface area contributed by atoms with Crippen molar-refractivity contribution in [2.45, 2.75) is 12.5 Å². The number of halogens is 1. The third-order valence-corrected chi connectivity index (χ3v) is 4.19. The number of hydrogen-bond donors (Lipinski definition) is 2. The Hall–Kier alpha value is -2.63. The maximum absolute atomic E-state index is 12.2. The zero-order valence-corrected chi connectivity index (χ0v) is 14.2. The molecule has 6 heteroatoms. The summed E-state index contributed by atoms with van der Waals surface area (Å²) in [6.07, 6.45) is 1.96. The van der Waals surface area contributed by atoms with E-state index in [1.165, 1.54) is 6.26 Å². The fourth-order valence-electron chi connectivity index (χ4n) is 2.44. The first kappa shape index (κ1) is 17.2. The third kappa shape index (κ3) is 4.26. The fourth-order valence-corrected chi connectivity index (χ4v) is 2.67. The van der Waals surface area contributed by atoms with Gasteiger partial charge in [-0.05, 0) is 23.6 Å². The van der Waals surface area contributed by atoms with Crippen LogP contribution in [0.25, 0.3) is 0 Å². The fraction of sp³-hybridized carbons (Fsp3) is 0.158. The summed E-state index contributed by atoms with van der Waals surface area (Å²) in [5, 5.41) is 3.49. The first-order valence-corrected chi connectivity index (χ1v) is 8.30. The number of nitrogens with one attached hydrogen (secondary N) is 1. The van der Waals surface area contributed by atoms with Crippen molar-refractivity contribution in [3.63, 3.8) is 0 Å². The van der Waals surface area contributed by atoms with Crippen LogP contribution in [0.2, 0.25) is 5.02 Å². The molecule has 5 nitrogen and oxygen atoms in total. The van der Waals surface area contributed by atoms with Crippen LogP contribution in [0.5, 0.6) is 0 Å². The van der Waals surface area contributed by atoms with Gasteiger partial charge in [0, 0.05) is 11.6 Å². The summed E-state index contributed by atoms with van der Waals surface area (Å²) in [5.41, 5.74) is 8.18. The van der Waals surface area contributed by atoms with Crippen LogP contribution >= 0.6 is 11.6 Å². The molecular weight excluding hydrogens is 338 g/mol. The highest BCUT2D eigenvalue weighted by Gasteiger charge is 2.18. The SMILES string of the molecule is NC(c1ccccc1)c1nc(C(=O)NCCc2ccccc2Cl)co1. The molecule has 0 aliphatic carbocycles. The molecule has 0 fully saturated rings. The molecule has 1 aromatic heterocycles. The van der Waals surface area contributed by atoms with E-state index in [0.29, 0.717) is 23.9 Å². The summed E-state index contributed by atoms with van der Waals surface area (Å²) in [6, 6.07) is 16.5. The van der Waals surface area contributed by atoms with Crippen LogP contribution in [0.3, 0.4) is 0 Å². The number of aromatic nitrogens is 1. The molecule has 0 bridgehead atoms. The van der Waals surface area contributed by atoms with Gasteiger partial charge in [-0.15, -0.1) is 0 Å². The van der Waals surface area contributed by atoms with Crippen molar-refractivity contribution in [1.82, 2.24) is 10.3 Å². The van der Waals surface area contributed by atoms with Gasteiger partial charge in [0.2, 0.25) is 5.89 Å². The van der Waals surface area contributed by atoms with Crippen LogP contribution in [0.15, 0.2) is 65.3 Å². The Kier molecular flexibility index (Phi) is 5.48. The van der Waals surface area contributed by atoms with E-state index in [1.807, 2.05) is 54.6 Å². The lowest BCUT2D eigenvalue weighted by Crippen LogP contribution is -2.26. The number of carbonyl (C=O) groups excluding carboxylic acids is 1. The van der Waals surface area contributed by atoms with E-state index < -0.39 is 6.04 Å². The zero-order chi connectivity index (χ0) is 17.6. The van der Waals surface area contributed by atoms with E-state index >= 15 is 0 Å². The molecule has 0 aliphatic heterocycles. The molecule has 0 saturated carbocycles. The topological polar surface area (TPSA) is 81.1 Å². The third-order valence-electron chi connectivity index (χ3n) is 3.82. The van der Waals surface area contributed by atoms with Gasteiger partial charge in [-0.1, -0.05) is 60.1 Å². The second-order valence-corrected chi connectivity index (χ2v) is 5.96. The van der Waals surface area contributed by atoms with Crippen LogP contribution in [0.1, 0.15) is 33.5 Å². The summed E-state index contributed by atoms with van der Waals surface area (Å²) < 4.78 is 5.37. The molecule has 25 heavy (non-hydrogen) atoms. The first-order chi connectivity index (χ1) is 12.1. The molecule has 1 amide bonds. The maximum Gasteiger partial charge on any atom is 0.273 e. The van der Waals surface area contributed by atoms with E-state index in [9.17, 15) is 4.79 Å². The number of nitrogens with two attached hydrogens (primary N) is 1. The minimum absolute atomic E-state index is 0.209. The van der Waals surface area contributed by atoms with Crippen LogP contribution in [-0.4, -0.2) is 17.4 Å². The molecule has 3 rings (SSSR count). The lowest BCUT2D eigenvalue weighted by molar-refractivity contribution is 0.0949. The quantitative estimate of drug-likeness (QED) is 0.710. The average Bonchev–Trinajstić information content (AvgIpc) is 3.13. The molecule has 1 heterocycles. The highest BCUT2D eigenvalue weighted by molar-refractivity contribution is 6.31. The van der Waals surface area contributed by atoms with Crippen LogP contribution in [0.4, 0.5) is 0 Å². The number of nitrogens with zero attached hydrogens (tertiary/aromatic N) is 1. The van der Waals surface area contributed by atoms with Crippen molar-refractivity contribution in [2.24, 2.45) is 5.73 Å². The van der Waals surface area contributed by atoms with Gasteiger partial charge in [0.15, 0.2) is 5.69 Å². The molecular formula is C19H18ClN3O2. The molecule has 0 radical (unpaired) electrons. The Bertz CT molecular complexity index is 849. The molecule has 128 valence electrons.